The van der Waals surface area contributed by atoms with Crippen molar-refractivity contribution in [1.29, 1.82) is 0 Å². The van der Waals surface area contributed by atoms with E-state index in [9.17, 15) is 18.0 Å². The average Bonchev–Trinajstić information content (AvgIpc) is 3.08. The van der Waals surface area contributed by atoms with Crippen LogP contribution in [-0.4, -0.2) is 38.7 Å². The van der Waals surface area contributed by atoms with Gasteiger partial charge < -0.3 is 10.2 Å². The molecule has 0 bridgehead atoms. The van der Waals surface area contributed by atoms with Crippen molar-refractivity contribution < 1.29 is 18.0 Å². The number of carbonyl (C=O) groups is 2. The fourth-order valence-corrected chi connectivity index (χ4v) is 5.98. The first-order chi connectivity index (χ1) is 15.0. The number of rotatable bonds is 7. The third kappa shape index (κ3) is 6.14. The number of sulfonamides is 1. The van der Waals surface area contributed by atoms with E-state index in [1.54, 1.807) is 24.3 Å². The van der Waals surface area contributed by atoms with E-state index in [0.717, 1.165) is 11.3 Å². The van der Waals surface area contributed by atoms with Crippen LogP contribution >= 0.6 is 46.1 Å². The summed E-state index contributed by atoms with van der Waals surface area (Å²) in [6.07, 6.45) is 0. The van der Waals surface area contributed by atoms with Crippen molar-refractivity contribution in [3.8, 4) is 0 Å². The predicted octanol–water partition coefficient (Wildman–Crippen LogP) is 5.22. The summed E-state index contributed by atoms with van der Waals surface area (Å²) in [6, 6.07) is 13.6. The maximum atomic E-state index is 12.6. The molecule has 2 aromatic carbocycles. The van der Waals surface area contributed by atoms with Crippen LogP contribution < -0.4 is 10.0 Å². The molecule has 7 nitrogen and oxygen atoms in total. The standard InChI is InChI=1S/C20H16Cl3N3O4S2/c1-26(11-18(27)24-14-8-4-13(21)5-9-14)20(28)12-2-6-15(7-3-12)25-32(29,30)16-10-17(22)31-19(16)23/h2-10,25H,11H2,1H3,(H,24,27). The smallest absolute Gasteiger partial charge is 0.264 e. The predicted molar refractivity (Wildman–Crippen MR) is 129 cm³/mol. The van der Waals surface area contributed by atoms with Crippen LogP contribution in [0.4, 0.5) is 11.4 Å². The highest BCUT2D eigenvalue weighted by Crippen LogP contribution is 2.35. The minimum Gasteiger partial charge on any atom is -0.332 e. The minimum atomic E-state index is -3.93. The molecule has 1 aromatic heterocycles. The van der Waals surface area contributed by atoms with Gasteiger partial charge in [0.15, 0.2) is 0 Å². The Labute approximate surface area is 203 Å². The number of benzene rings is 2. The van der Waals surface area contributed by atoms with Gasteiger partial charge in [0.25, 0.3) is 15.9 Å². The SMILES string of the molecule is CN(CC(=O)Nc1ccc(Cl)cc1)C(=O)c1ccc(NS(=O)(=O)c2cc(Cl)sc2Cl)cc1. The number of nitrogens with zero attached hydrogens (tertiary/aromatic N) is 1. The topological polar surface area (TPSA) is 95.6 Å². The molecule has 2 N–H and O–H groups in total. The van der Waals surface area contributed by atoms with E-state index in [1.165, 1.54) is 42.3 Å². The molecule has 32 heavy (non-hydrogen) atoms. The van der Waals surface area contributed by atoms with Gasteiger partial charge in [0.2, 0.25) is 5.91 Å². The average molecular weight is 533 g/mol. The Hall–Kier alpha value is -2.30. The van der Waals surface area contributed by atoms with E-state index >= 15 is 0 Å². The Balaban J connectivity index is 1.62. The lowest BCUT2D eigenvalue weighted by Crippen LogP contribution is -2.34. The summed E-state index contributed by atoms with van der Waals surface area (Å²) in [7, 11) is -2.44. The number of anilines is 2. The van der Waals surface area contributed by atoms with Crippen LogP contribution in [0.2, 0.25) is 13.7 Å². The monoisotopic (exact) mass is 531 g/mol. The second-order valence-electron chi connectivity index (χ2n) is 6.59. The van der Waals surface area contributed by atoms with E-state index in [-0.39, 0.29) is 37.3 Å². The quantitative estimate of drug-likeness (QED) is 0.436. The van der Waals surface area contributed by atoms with Crippen LogP contribution in [0.1, 0.15) is 10.4 Å². The van der Waals surface area contributed by atoms with Gasteiger partial charge in [0.05, 0.1) is 10.9 Å². The van der Waals surface area contributed by atoms with Crippen molar-refractivity contribution in [2.45, 2.75) is 4.90 Å². The highest BCUT2D eigenvalue weighted by Gasteiger charge is 2.21. The first kappa shape index (κ1) is 24.3. The van der Waals surface area contributed by atoms with Crippen molar-refractivity contribution in [3.05, 3.63) is 73.9 Å². The molecule has 0 unspecified atom stereocenters. The number of amides is 2. The fourth-order valence-electron chi connectivity index (χ4n) is 2.64. The molecule has 0 fully saturated rings. The van der Waals surface area contributed by atoms with Crippen LogP contribution in [0.25, 0.3) is 0 Å². The maximum Gasteiger partial charge on any atom is 0.264 e. The Bertz CT molecular complexity index is 1240. The highest BCUT2D eigenvalue weighted by molar-refractivity contribution is 7.93. The lowest BCUT2D eigenvalue weighted by molar-refractivity contribution is -0.116. The lowest BCUT2D eigenvalue weighted by Gasteiger charge is -2.17. The minimum absolute atomic E-state index is 0.0489. The van der Waals surface area contributed by atoms with Gasteiger partial charge in [-0.1, -0.05) is 34.8 Å². The summed E-state index contributed by atoms with van der Waals surface area (Å²) < 4.78 is 27.6. The fraction of sp³-hybridized carbons (Fsp3) is 0.100. The van der Waals surface area contributed by atoms with Gasteiger partial charge in [0, 0.05) is 29.0 Å². The second-order valence-corrected chi connectivity index (χ2v) is 11.0. The molecule has 1 heterocycles. The molecule has 3 rings (SSSR count). The third-order valence-corrected chi connectivity index (χ3v) is 7.54. The third-order valence-electron chi connectivity index (χ3n) is 4.15. The summed E-state index contributed by atoms with van der Waals surface area (Å²) in [5.41, 5.74) is 1.08. The lowest BCUT2D eigenvalue weighted by atomic mass is 10.2. The van der Waals surface area contributed by atoms with Crippen LogP contribution in [0.15, 0.2) is 59.5 Å². The van der Waals surface area contributed by atoms with E-state index in [0.29, 0.717) is 10.7 Å². The van der Waals surface area contributed by atoms with Crippen LogP contribution in [0.5, 0.6) is 0 Å². The van der Waals surface area contributed by atoms with Gasteiger partial charge in [-0.2, -0.15) is 0 Å². The molecule has 0 aliphatic heterocycles. The first-order valence-electron chi connectivity index (χ1n) is 8.94. The molecule has 0 spiro atoms. The van der Waals surface area contributed by atoms with Gasteiger partial charge in [0.1, 0.15) is 9.23 Å². The zero-order chi connectivity index (χ0) is 23.5. The molecular formula is C20H16Cl3N3O4S2. The van der Waals surface area contributed by atoms with Crippen LogP contribution in [0.3, 0.4) is 0 Å². The number of hydrogen-bond acceptors (Lipinski definition) is 5. The van der Waals surface area contributed by atoms with Gasteiger partial charge in [-0.3, -0.25) is 14.3 Å². The largest absolute Gasteiger partial charge is 0.332 e. The van der Waals surface area contributed by atoms with Gasteiger partial charge in [-0.05, 0) is 54.6 Å². The van der Waals surface area contributed by atoms with E-state index in [1.807, 2.05) is 0 Å². The number of thiophene rings is 1. The zero-order valence-corrected chi connectivity index (χ0v) is 20.3. The maximum absolute atomic E-state index is 12.6. The molecule has 2 amide bonds. The van der Waals surface area contributed by atoms with Gasteiger partial charge >= 0.3 is 0 Å². The normalized spacial score (nSPS) is 11.1. The molecule has 0 aliphatic rings. The summed E-state index contributed by atoms with van der Waals surface area (Å²) >= 11 is 18.5. The number of likely N-dealkylation sites (N-methyl/N-ethyl adjacent to an activating group) is 1. The molecule has 168 valence electrons. The van der Waals surface area contributed by atoms with Crippen LogP contribution in [0, 0.1) is 0 Å². The van der Waals surface area contributed by atoms with E-state index < -0.39 is 15.9 Å². The Morgan fingerprint density at radius 1 is 0.969 bits per heavy atom. The number of hydrogen-bond donors (Lipinski definition) is 2. The van der Waals surface area contributed by atoms with Crippen molar-refractivity contribution in [1.82, 2.24) is 4.90 Å². The van der Waals surface area contributed by atoms with Gasteiger partial charge in [-0.25, -0.2) is 8.42 Å². The molecule has 0 radical (unpaired) electrons. The van der Waals surface area contributed by atoms with Crippen LogP contribution in [-0.2, 0) is 14.8 Å². The number of carbonyl (C=O) groups excluding carboxylic acids is 2. The Morgan fingerprint density at radius 2 is 1.56 bits per heavy atom. The van der Waals surface area contributed by atoms with Crippen molar-refractivity contribution in [3.63, 3.8) is 0 Å². The summed E-state index contributed by atoms with van der Waals surface area (Å²) in [5, 5.41) is 3.22. The summed E-state index contributed by atoms with van der Waals surface area (Å²) in [6.45, 7) is -0.173. The molecule has 0 atom stereocenters. The number of halogens is 3. The molecule has 3 aromatic rings. The Morgan fingerprint density at radius 3 is 2.12 bits per heavy atom. The molecule has 0 aliphatic carbocycles. The molecular weight excluding hydrogens is 517 g/mol. The van der Waals surface area contributed by atoms with Crippen molar-refractivity contribution in [2.75, 3.05) is 23.6 Å². The highest BCUT2D eigenvalue weighted by atomic mass is 35.5. The Kier molecular flexibility index (Phi) is 7.68. The first-order valence-corrected chi connectivity index (χ1v) is 12.4. The van der Waals surface area contributed by atoms with Crippen molar-refractivity contribution in [2.24, 2.45) is 0 Å². The summed E-state index contributed by atoms with van der Waals surface area (Å²) in [5.74, 6) is -0.780. The zero-order valence-electron chi connectivity index (χ0n) is 16.4. The van der Waals surface area contributed by atoms with E-state index in [4.69, 9.17) is 34.8 Å². The molecule has 12 heteroatoms. The second kappa shape index (κ2) is 10.1. The molecule has 0 saturated carbocycles. The molecule has 0 saturated heterocycles. The van der Waals surface area contributed by atoms with E-state index in [2.05, 4.69) is 10.0 Å². The summed E-state index contributed by atoms with van der Waals surface area (Å²) in [4.78, 5) is 25.9. The van der Waals surface area contributed by atoms with Gasteiger partial charge in [-0.15, -0.1) is 11.3 Å². The number of nitrogens with one attached hydrogen (secondary N) is 2. The van der Waals surface area contributed by atoms with Crippen molar-refractivity contribution >= 4 is 79.4 Å².